The molecule has 0 atom stereocenters. The fourth-order valence-corrected chi connectivity index (χ4v) is 3.10. The van der Waals surface area contributed by atoms with Crippen LogP contribution in [0.1, 0.15) is 5.69 Å². The molecular formula is C22H19N3O3. The molecule has 2 aromatic heterocycles. The summed E-state index contributed by atoms with van der Waals surface area (Å²) in [6, 6.07) is 15.3. The topological polar surface area (TPSA) is 76.2 Å². The number of anilines is 1. The molecule has 2 heterocycles. The Labute approximate surface area is 161 Å². The van der Waals surface area contributed by atoms with Gasteiger partial charge in [-0.1, -0.05) is 18.2 Å². The summed E-state index contributed by atoms with van der Waals surface area (Å²) < 4.78 is 10.5. The molecule has 0 radical (unpaired) electrons. The van der Waals surface area contributed by atoms with Gasteiger partial charge in [0.05, 0.1) is 37.3 Å². The van der Waals surface area contributed by atoms with Gasteiger partial charge in [0.2, 0.25) is 5.91 Å². The van der Waals surface area contributed by atoms with Crippen molar-refractivity contribution in [3.8, 4) is 11.5 Å². The molecule has 2 aromatic carbocycles. The number of ether oxygens (including phenoxy) is 2. The third-order valence-corrected chi connectivity index (χ3v) is 4.48. The van der Waals surface area contributed by atoms with Crippen molar-refractivity contribution in [2.75, 3.05) is 19.5 Å². The molecule has 0 aliphatic heterocycles. The summed E-state index contributed by atoms with van der Waals surface area (Å²) in [5.41, 5.74) is 3.26. The molecule has 4 aromatic rings. The predicted molar refractivity (Wildman–Crippen MR) is 111 cm³/mol. The molecule has 0 saturated carbocycles. The first kappa shape index (κ1) is 17.6. The Hall–Kier alpha value is -3.80. The molecule has 0 bridgehead atoms. The number of carbonyl (C=O) groups is 1. The Morgan fingerprint density at radius 3 is 2.71 bits per heavy atom. The summed E-state index contributed by atoms with van der Waals surface area (Å²) in [6.07, 6.45) is 4.91. The van der Waals surface area contributed by atoms with Crippen molar-refractivity contribution in [3.05, 3.63) is 66.5 Å². The number of methoxy groups -OCH3 is 2. The van der Waals surface area contributed by atoms with E-state index in [1.54, 1.807) is 44.7 Å². The van der Waals surface area contributed by atoms with E-state index in [-0.39, 0.29) is 5.91 Å². The number of rotatable bonds is 5. The van der Waals surface area contributed by atoms with Crippen LogP contribution in [-0.2, 0) is 4.79 Å². The SMILES string of the molecule is COc1ccc(OC)c(NC(=O)/C=C/c2cc3c(cn2)[nH]c2ccccc23)c1. The fraction of sp³-hybridized carbons (Fsp3) is 0.0909. The number of pyridine rings is 1. The van der Waals surface area contributed by atoms with Gasteiger partial charge in [-0.2, -0.15) is 0 Å². The number of para-hydroxylation sites is 1. The van der Waals surface area contributed by atoms with Crippen molar-refractivity contribution in [3.63, 3.8) is 0 Å². The van der Waals surface area contributed by atoms with Gasteiger partial charge in [-0.05, 0) is 30.3 Å². The van der Waals surface area contributed by atoms with Crippen LogP contribution in [0.5, 0.6) is 11.5 Å². The van der Waals surface area contributed by atoms with Gasteiger partial charge in [0.1, 0.15) is 11.5 Å². The summed E-state index contributed by atoms with van der Waals surface area (Å²) >= 11 is 0. The second kappa shape index (κ2) is 7.44. The average molecular weight is 373 g/mol. The summed E-state index contributed by atoms with van der Waals surface area (Å²) in [4.78, 5) is 20.1. The smallest absolute Gasteiger partial charge is 0.248 e. The zero-order valence-corrected chi connectivity index (χ0v) is 15.5. The van der Waals surface area contributed by atoms with Crippen LogP contribution in [0.4, 0.5) is 5.69 Å². The maximum atomic E-state index is 12.4. The highest BCUT2D eigenvalue weighted by molar-refractivity contribution is 6.08. The van der Waals surface area contributed by atoms with E-state index < -0.39 is 0 Å². The predicted octanol–water partition coefficient (Wildman–Crippen LogP) is 4.39. The van der Waals surface area contributed by atoms with Crippen LogP contribution >= 0.6 is 0 Å². The van der Waals surface area contributed by atoms with E-state index in [1.807, 2.05) is 24.3 Å². The Bertz CT molecular complexity index is 1190. The molecular weight excluding hydrogens is 354 g/mol. The highest BCUT2D eigenvalue weighted by Crippen LogP contribution is 2.29. The van der Waals surface area contributed by atoms with Crippen molar-refractivity contribution in [2.24, 2.45) is 0 Å². The van der Waals surface area contributed by atoms with Crippen LogP contribution in [0.15, 0.2) is 60.8 Å². The number of hydrogen-bond donors (Lipinski definition) is 2. The van der Waals surface area contributed by atoms with Crippen molar-refractivity contribution in [1.29, 1.82) is 0 Å². The number of aromatic amines is 1. The lowest BCUT2D eigenvalue weighted by molar-refractivity contribution is -0.111. The molecule has 0 aliphatic carbocycles. The zero-order valence-electron chi connectivity index (χ0n) is 15.5. The van der Waals surface area contributed by atoms with Crippen molar-refractivity contribution < 1.29 is 14.3 Å². The van der Waals surface area contributed by atoms with Crippen LogP contribution < -0.4 is 14.8 Å². The van der Waals surface area contributed by atoms with Gasteiger partial charge in [0, 0.05) is 28.4 Å². The van der Waals surface area contributed by atoms with Gasteiger partial charge in [-0.3, -0.25) is 9.78 Å². The molecule has 0 spiro atoms. The van der Waals surface area contributed by atoms with E-state index in [2.05, 4.69) is 21.4 Å². The average Bonchev–Trinajstić information content (AvgIpc) is 3.10. The van der Waals surface area contributed by atoms with E-state index in [4.69, 9.17) is 9.47 Å². The van der Waals surface area contributed by atoms with Gasteiger partial charge in [-0.25, -0.2) is 0 Å². The molecule has 0 unspecified atom stereocenters. The summed E-state index contributed by atoms with van der Waals surface area (Å²) in [6.45, 7) is 0. The Kier molecular flexibility index (Phi) is 4.68. The second-order valence-corrected chi connectivity index (χ2v) is 6.21. The minimum atomic E-state index is -0.285. The zero-order chi connectivity index (χ0) is 19.5. The maximum Gasteiger partial charge on any atom is 0.248 e. The molecule has 6 nitrogen and oxygen atoms in total. The van der Waals surface area contributed by atoms with Gasteiger partial charge in [0.25, 0.3) is 0 Å². The summed E-state index contributed by atoms with van der Waals surface area (Å²) in [5.74, 6) is 0.903. The van der Waals surface area contributed by atoms with Gasteiger partial charge in [-0.15, -0.1) is 0 Å². The molecule has 28 heavy (non-hydrogen) atoms. The van der Waals surface area contributed by atoms with Crippen LogP contribution in [0.3, 0.4) is 0 Å². The van der Waals surface area contributed by atoms with Crippen LogP contribution in [0.25, 0.3) is 27.9 Å². The lowest BCUT2D eigenvalue weighted by Gasteiger charge is -2.10. The molecule has 140 valence electrons. The molecule has 0 aliphatic rings. The summed E-state index contributed by atoms with van der Waals surface area (Å²) in [5, 5.41) is 5.00. The molecule has 0 saturated heterocycles. The second-order valence-electron chi connectivity index (χ2n) is 6.21. The lowest BCUT2D eigenvalue weighted by atomic mass is 10.1. The van der Waals surface area contributed by atoms with E-state index in [9.17, 15) is 4.79 Å². The molecule has 1 amide bonds. The molecule has 0 fully saturated rings. The lowest BCUT2D eigenvalue weighted by Crippen LogP contribution is -2.09. The molecule has 2 N–H and O–H groups in total. The Morgan fingerprint density at radius 1 is 1.04 bits per heavy atom. The fourth-order valence-electron chi connectivity index (χ4n) is 3.10. The number of nitrogens with one attached hydrogen (secondary N) is 2. The highest BCUT2D eigenvalue weighted by Gasteiger charge is 2.08. The number of nitrogens with zero attached hydrogens (tertiary/aromatic N) is 1. The largest absolute Gasteiger partial charge is 0.497 e. The Balaban J connectivity index is 1.57. The third kappa shape index (κ3) is 3.40. The van der Waals surface area contributed by atoms with E-state index in [0.717, 1.165) is 21.8 Å². The van der Waals surface area contributed by atoms with Crippen molar-refractivity contribution >= 4 is 39.5 Å². The number of aromatic nitrogens is 2. The van der Waals surface area contributed by atoms with Gasteiger partial charge in [0.15, 0.2) is 0 Å². The van der Waals surface area contributed by atoms with Gasteiger partial charge < -0.3 is 19.8 Å². The number of fused-ring (bicyclic) bond motifs is 3. The van der Waals surface area contributed by atoms with E-state index in [0.29, 0.717) is 22.9 Å². The van der Waals surface area contributed by atoms with Crippen LogP contribution in [0, 0.1) is 0 Å². The maximum absolute atomic E-state index is 12.4. The number of amides is 1. The number of H-pyrrole nitrogens is 1. The number of hydrogen-bond acceptors (Lipinski definition) is 4. The first-order chi connectivity index (χ1) is 13.7. The standard InChI is InChI=1S/C22H19N3O3/c1-27-15-8-9-21(28-2)19(12-15)25-22(26)10-7-14-11-17-16-5-3-4-6-18(16)24-20(17)13-23-14/h3-13,24H,1-2H3,(H,25,26)/b10-7+. The van der Waals surface area contributed by atoms with Crippen LogP contribution in [0.2, 0.25) is 0 Å². The monoisotopic (exact) mass is 373 g/mol. The first-order valence-electron chi connectivity index (χ1n) is 8.75. The number of benzene rings is 2. The first-order valence-corrected chi connectivity index (χ1v) is 8.75. The third-order valence-electron chi connectivity index (χ3n) is 4.48. The van der Waals surface area contributed by atoms with Crippen LogP contribution in [-0.4, -0.2) is 30.1 Å². The minimum absolute atomic E-state index is 0.285. The molecule has 6 heteroatoms. The number of carbonyl (C=O) groups excluding carboxylic acids is 1. The van der Waals surface area contributed by atoms with Crippen molar-refractivity contribution in [1.82, 2.24) is 9.97 Å². The quantitative estimate of drug-likeness (QED) is 0.509. The minimum Gasteiger partial charge on any atom is -0.497 e. The van der Waals surface area contributed by atoms with Crippen molar-refractivity contribution in [2.45, 2.75) is 0 Å². The Morgan fingerprint density at radius 2 is 1.89 bits per heavy atom. The van der Waals surface area contributed by atoms with Gasteiger partial charge >= 0.3 is 0 Å². The normalized spacial score (nSPS) is 11.2. The summed E-state index contributed by atoms with van der Waals surface area (Å²) in [7, 11) is 3.12. The highest BCUT2D eigenvalue weighted by atomic mass is 16.5. The van der Waals surface area contributed by atoms with E-state index in [1.165, 1.54) is 6.08 Å². The van der Waals surface area contributed by atoms with E-state index >= 15 is 0 Å². The molecule has 4 rings (SSSR count).